The number of aliphatic hydroxyl groups is 1. The third kappa shape index (κ3) is 4.00. The summed E-state index contributed by atoms with van der Waals surface area (Å²) in [6.07, 6.45) is 0. The van der Waals surface area contributed by atoms with Crippen molar-refractivity contribution in [3.8, 4) is 0 Å². The molecule has 1 atom stereocenters. The lowest BCUT2D eigenvalue weighted by Gasteiger charge is -2.07. The van der Waals surface area contributed by atoms with E-state index in [1.807, 2.05) is 6.92 Å². The van der Waals surface area contributed by atoms with Crippen LogP contribution in [0.25, 0.3) is 0 Å². The molecule has 1 rings (SSSR count). The van der Waals surface area contributed by atoms with E-state index >= 15 is 0 Å². The van der Waals surface area contributed by atoms with Crippen LogP contribution in [0.15, 0.2) is 17.2 Å². The average Bonchev–Trinajstić information content (AvgIpc) is 2.25. The van der Waals surface area contributed by atoms with Crippen LogP contribution in [0, 0.1) is 5.92 Å². The standard InChI is InChI=1S/C10H12ClNO3S/c1-6(4-13)5-16-9-3-7(10(14)15)2-8(11)12-9/h2-3,6,13H,4-5H2,1H3,(H,14,15). The zero-order valence-corrected chi connectivity index (χ0v) is 10.3. The van der Waals surface area contributed by atoms with Gasteiger partial charge in [-0.15, -0.1) is 11.8 Å². The second kappa shape index (κ2) is 6.08. The summed E-state index contributed by atoms with van der Waals surface area (Å²) in [6.45, 7) is 2.00. The van der Waals surface area contributed by atoms with Crippen LogP contribution in [0.1, 0.15) is 17.3 Å². The van der Waals surface area contributed by atoms with Gasteiger partial charge < -0.3 is 10.2 Å². The lowest BCUT2D eigenvalue weighted by atomic mass is 10.2. The highest BCUT2D eigenvalue weighted by molar-refractivity contribution is 7.99. The van der Waals surface area contributed by atoms with Gasteiger partial charge in [0.2, 0.25) is 0 Å². The van der Waals surface area contributed by atoms with Crippen molar-refractivity contribution < 1.29 is 15.0 Å². The summed E-state index contributed by atoms with van der Waals surface area (Å²) in [7, 11) is 0. The summed E-state index contributed by atoms with van der Waals surface area (Å²) in [6, 6.07) is 2.78. The van der Waals surface area contributed by atoms with Crippen molar-refractivity contribution >= 4 is 29.3 Å². The number of hydrogen-bond donors (Lipinski definition) is 2. The molecule has 1 aromatic heterocycles. The highest BCUT2D eigenvalue weighted by Gasteiger charge is 2.09. The van der Waals surface area contributed by atoms with Gasteiger partial charge in [0, 0.05) is 12.4 Å². The van der Waals surface area contributed by atoms with Gasteiger partial charge >= 0.3 is 5.97 Å². The topological polar surface area (TPSA) is 70.4 Å². The fourth-order valence-corrected chi connectivity index (χ4v) is 2.14. The van der Waals surface area contributed by atoms with E-state index in [1.54, 1.807) is 0 Å². The van der Waals surface area contributed by atoms with Crippen LogP contribution in [0.5, 0.6) is 0 Å². The number of carboxylic acids is 1. The van der Waals surface area contributed by atoms with Gasteiger partial charge in [0.25, 0.3) is 0 Å². The number of hydrogen-bond acceptors (Lipinski definition) is 4. The minimum atomic E-state index is -1.03. The van der Waals surface area contributed by atoms with Crippen molar-refractivity contribution in [2.45, 2.75) is 11.9 Å². The SMILES string of the molecule is CC(CO)CSc1cc(C(=O)O)cc(Cl)n1. The number of aromatic nitrogens is 1. The molecule has 0 fully saturated rings. The first kappa shape index (κ1) is 13.3. The maximum atomic E-state index is 10.8. The van der Waals surface area contributed by atoms with Gasteiger partial charge in [-0.3, -0.25) is 0 Å². The van der Waals surface area contributed by atoms with E-state index in [4.69, 9.17) is 21.8 Å². The average molecular weight is 262 g/mol. The zero-order chi connectivity index (χ0) is 12.1. The second-order valence-electron chi connectivity index (χ2n) is 3.42. The predicted octanol–water partition coefficient (Wildman–Crippen LogP) is 2.15. The maximum Gasteiger partial charge on any atom is 0.335 e. The van der Waals surface area contributed by atoms with Gasteiger partial charge in [-0.25, -0.2) is 9.78 Å². The summed E-state index contributed by atoms with van der Waals surface area (Å²) in [5, 5.41) is 18.4. The Bertz CT molecular complexity index is 386. The molecule has 1 heterocycles. The molecule has 16 heavy (non-hydrogen) atoms. The number of carboxylic acid groups (broad SMARTS) is 1. The van der Waals surface area contributed by atoms with E-state index in [0.29, 0.717) is 10.8 Å². The quantitative estimate of drug-likeness (QED) is 0.628. The van der Waals surface area contributed by atoms with Gasteiger partial charge in [0.1, 0.15) is 5.15 Å². The molecule has 0 bridgehead atoms. The first-order chi connectivity index (χ1) is 7.52. The van der Waals surface area contributed by atoms with E-state index in [2.05, 4.69) is 4.98 Å². The molecule has 88 valence electrons. The number of nitrogens with zero attached hydrogens (tertiary/aromatic N) is 1. The van der Waals surface area contributed by atoms with E-state index in [1.165, 1.54) is 23.9 Å². The number of thioether (sulfide) groups is 1. The number of halogens is 1. The van der Waals surface area contributed by atoms with Crippen molar-refractivity contribution in [3.05, 3.63) is 22.8 Å². The van der Waals surface area contributed by atoms with Crippen molar-refractivity contribution in [1.29, 1.82) is 0 Å². The van der Waals surface area contributed by atoms with Crippen LogP contribution in [0.4, 0.5) is 0 Å². The molecule has 1 aromatic rings. The van der Waals surface area contributed by atoms with Crippen LogP contribution in [-0.2, 0) is 0 Å². The minimum absolute atomic E-state index is 0.0966. The van der Waals surface area contributed by atoms with Gasteiger partial charge in [0.05, 0.1) is 10.6 Å². The molecule has 0 saturated carbocycles. The number of aliphatic hydroxyl groups excluding tert-OH is 1. The van der Waals surface area contributed by atoms with Crippen LogP contribution >= 0.6 is 23.4 Å². The summed E-state index contributed by atoms with van der Waals surface area (Å²) in [5.41, 5.74) is 0.124. The molecular formula is C10H12ClNO3S. The molecule has 0 amide bonds. The van der Waals surface area contributed by atoms with Crippen molar-refractivity contribution in [3.63, 3.8) is 0 Å². The first-order valence-electron chi connectivity index (χ1n) is 4.67. The smallest absolute Gasteiger partial charge is 0.335 e. The highest BCUT2D eigenvalue weighted by atomic mass is 35.5. The molecule has 1 unspecified atom stereocenters. The minimum Gasteiger partial charge on any atom is -0.478 e. The van der Waals surface area contributed by atoms with Crippen molar-refractivity contribution in [2.24, 2.45) is 5.92 Å². The predicted molar refractivity (Wildman–Crippen MR) is 63.2 cm³/mol. The Morgan fingerprint density at radius 2 is 2.31 bits per heavy atom. The Kier molecular flexibility index (Phi) is 5.05. The van der Waals surface area contributed by atoms with E-state index < -0.39 is 5.97 Å². The number of pyridine rings is 1. The van der Waals surface area contributed by atoms with Crippen LogP contribution < -0.4 is 0 Å². The third-order valence-corrected chi connectivity index (χ3v) is 3.28. The van der Waals surface area contributed by atoms with Crippen LogP contribution in [0.2, 0.25) is 5.15 Å². The third-order valence-electron chi connectivity index (χ3n) is 1.84. The van der Waals surface area contributed by atoms with Gasteiger partial charge in [-0.2, -0.15) is 0 Å². The molecule has 0 aromatic carbocycles. The van der Waals surface area contributed by atoms with Crippen LogP contribution in [0.3, 0.4) is 0 Å². The molecule has 4 nitrogen and oxygen atoms in total. The van der Waals surface area contributed by atoms with Crippen molar-refractivity contribution in [2.75, 3.05) is 12.4 Å². The Balaban J connectivity index is 2.76. The molecule has 0 spiro atoms. The fourth-order valence-electron chi connectivity index (χ4n) is 0.951. The lowest BCUT2D eigenvalue weighted by molar-refractivity contribution is 0.0696. The van der Waals surface area contributed by atoms with Crippen LogP contribution in [-0.4, -0.2) is 33.5 Å². The number of carbonyl (C=O) groups is 1. The largest absolute Gasteiger partial charge is 0.478 e. The van der Waals surface area contributed by atoms with Gasteiger partial charge in [-0.05, 0) is 18.1 Å². The molecule has 0 aliphatic rings. The van der Waals surface area contributed by atoms with Gasteiger partial charge in [0.15, 0.2) is 0 Å². The fraction of sp³-hybridized carbons (Fsp3) is 0.400. The maximum absolute atomic E-state index is 10.8. The normalized spacial score (nSPS) is 12.4. The van der Waals surface area contributed by atoms with E-state index in [0.717, 1.165) is 0 Å². The second-order valence-corrected chi connectivity index (χ2v) is 4.85. The Morgan fingerprint density at radius 1 is 1.62 bits per heavy atom. The Hall–Kier alpha value is -0.780. The lowest BCUT2D eigenvalue weighted by Crippen LogP contribution is -2.04. The zero-order valence-electron chi connectivity index (χ0n) is 8.68. The van der Waals surface area contributed by atoms with E-state index in [9.17, 15) is 4.79 Å². The number of rotatable bonds is 5. The Morgan fingerprint density at radius 3 is 2.88 bits per heavy atom. The number of aromatic carboxylic acids is 1. The molecule has 2 N–H and O–H groups in total. The molecular weight excluding hydrogens is 250 g/mol. The monoisotopic (exact) mass is 261 g/mol. The molecule has 0 aliphatic heterocycles. The summed E-state index contributed by atoms with van der Waals surface area (Å²) in [4.78, 5) is 14.8. The van der Waals surface area contributed by atoms with Crippen molar-refractivity contribution in [1.82, 2.24) is 4.98 Å². The molecule has 0 radical (unpaired) electrons. The van der Waals surface area contributed by atoms with Gasteiger partial charge in [-0.1, -0.05) is 18.5 Å². The Labute approximate surface area is 103 Å². The first-order valence-corrected chi connectivity index (χ1v) is 6.04. The summed E-state index contributed by atoms with van der Waals surface area (Å²) in [5.74, 6) is -0.219. The molecule has 6 heteroatoms. The highest BCUT2D eigenvalue weighted by Crippen LogP contribution is 2.22. The summed E-state index contributed by atoms with van der Waals surface area (Å²) >= 11 is 7.09. The van der Waals surface area contributed by atoms with E-state index in [-0.39, 0.29) is 23.2 Å². The molecule has 0 aliphatic carbocycles. The summed E-state index contributed by atoms with van der Waals surface area (Å²) < 4.78 is 0. The molecule has 0 saturated heterocycles.